The van der Waals surface area contributed by atoms with E-state index < -0.39 is 0 Å². The minimum Gasteiger partial charge on any atom is -0.508 e. The molecule has 0 spiro atoms. The number of aromatic hydroxyl groups is 1. The zero-order valence-corrected chi connectivity index (χ0v) is 18.5. The Balaban J connectivity index is 1.44. The Morgan fingerprint density at radius 1 is 0.636 bits per heavy atom. The summed E-state index contributed by atoms with van der Waals surface area (Å²) in [5.74, 6) is 2.12. The van der Waals surface area contributed by atoms with Gasteiger partial charge in [-0.05, 0) is 46.5 Å². The maximum atomic E-state index is 10.1. The predicted molar refractivity (Wildman–Crippen MR) is 132 cm³/mol. The summed E-state index contributed by atoms with van der Waals surface area (Å²) < 4.78 is 17.3. The molecule has 0 radical (unpaired) electrons. The van der Waals surface area contributed by atoms with Crippen LogP contribution in [0.2, 0.25) is 0 Å². The van der Waals surface area contributed by atoms with Crippen LogP contribution in [0.1, 0.15) is 22.3 Å². The van der Waals surface area contributed by atoms with Crippen LogP contribution < -0.4 is 14.2 Å². The lowest BCUT2D eigenvalue weighted by atomic mass is 10.1. The van der Waals surface area contributed by atoms with E-state index in [2.05, 4.69) is 0 Å². The fraction of sp³-hybridized carbons (Fsp3) is 0.103. The average Bonchev–Trinajstić information content (AvgIpc) is 2.86. The van der Waals surface area contributed by atoms with E-state index in [4.69, 9.17) is 14.2 Å². The Labute approximate surface area is 194 Å². The van der Waals surface area contributed by atoms with Crippen molar-refractivity contribution in [1.82, 2.24) is 0 Å². The molecular formula is C29H26O4. The van der Waals surface area contributed by atoms with E-state index in [9.17, 15) is 5.11 Å². The molecule has 166 valence electrons. The van der Waals surface area contributed by atoms with E-state index in [1.807, 2.05) is 97.1 Å². The van der Waals surface area contributed by atoms with Crippen molar-refractivity contribution in [3.05, 3.63) is 119 Å². The van der Waals surface area contributed by atoms with Gasteiger partial charge < -0.3 is 19.3 Å². The molecule has 0 aliphatic carbocycles. The molecule has 0 bridgehead atoms. The van der Waals surface area contributed by atoms with E-state index in [0.717, 1.165) is 22.3 Å². The SMILES string of the molecule is COc1cc(C=Cc2cc(O)cc(OCc3ccccc3)c2)ccc1OCc1ccccc1. The molecular weight excluding hydrogens is 412 g/mol. The summed E-state index contributed by atoms with van der Waals surface area (Å²) >= 11 is 0. The standard InChI is InChI=1S/C29H26O4/c1-31-29-18-22(14-15-28(29)33-21-24-10-6-3-7-11-24)12-13-25-16-26(30)19-27(17-25)32-20-23-8-4-2-5-9-23/h2-19,30H,20-21H2,1H3. The number of phenolic OH excluding ortho intramolecular Hbond substituents is 1. The van der Waals surface area contributed by atoms with Crippen LogP contribution in [0.4, 0.5) is 0 Å². The van der Waals surface area contributed by atoms with E-state index in [1.165, 1.54) is 0 Å². The summed E-state index contributed by atoms with van der Waals surface area (Å²) in [7, 11) is 1.63. The van der Waals surface area contributed by atoms with Crippen LogP contribution in [0.25, 0.3) is 12.2 Å². The summed E-state index contributed by atoms with van der Waals surface area (Å²) in [5, 5.41) is 10.1. The van der Waals surface area contributed by atoms with Gasteiger partial charge >= 0.3 is 0 Å². The highest BCUT2D eigenvalue weighted by atomic mass is 16.5. The van der Waals surface area contributed by atoms with E-state index in [1.54, 1.807) is 19.2 Å². The molecule has 0 unspecified atom stereocenters. The molecule has 0 aliphatic rings. The monoisotopic (exact) mass is 438 g/mol. The van der Waals surface area contributed by atoms with Crippen LogP contribution in [0.5, 0.6) is 23.0 Å². The highest BCUT2D eigenvalue weighted by molar-refractivity contribution is 5.72. The molecule has 33 heavy (non-hydrogen) atoms. The molecule has 0 aliphatic heterocycles. The van der Waals surface area contributed by atoms with Crippen molar-refractivity contribution in [1.29, 1.82) is 0 Å². The second kappa shape index (κ2) is 10.9. The van der Waals surface area contributed by atoms with Gasteiger partial charge in [-0.2, -0.15) is 0 Å². The summed E-state index contributed by atoms with van der Waals surface area (Å²) in [5.41, 5.74) is 3.95. The molecule has 4 aromatic rings. The number of methoxy groups -OCH3 is 1. The molecule has 4 aromatic carbocycles. The van der Waals surface area contributed by atoms with Crippen LogP contribution in [0.3, 0.4) is 0 Å². The number of hydrogen-bond acceptors (Lipinski definition) is 4. The quantitative estimate of drug-likeness (QED) is 0.294. The number of ether oxygens (including phenoxy) is 3. The third-order valence-electron chi connectivity index (χ3n) is 5.06. The summed E-state index contributed by atoms with van der Waals surface area (Å²) in [6.45, 7) is 0.913. The summed E-state index contributed by atoms with van der Waals surface area (Å²) in [6.07, 6.45) is 3.88. The largest absolute Gasteiger partial charge is 0.508 e. The third kappa shape index (κ3) is 6.40. The number of hydrogen-bond donors (Lipinski definition) is 1. The molecule has 0 fully saturated rings. The second-order valence-corrected chi connectivity index (χ2v) is 7.55. The van der Waals surface area contributed by atoms with Crippen molar-refractivity contribution in [2.24, 2.45) is 0 Å². The van der Waals surface area contributed by atoms with Crippen molar-refractivity contribution < 1.29 is 19.3 Å². The van der Waals surface area contributed by atoms with Crippen LogP contribution in [0, 0.1) is 0 Å². The highest BCUT2D eigenvalue weighted by Gasteiger charge is 2.06. The molecule has 0 atom stereocenters. The lowest BCUT2D eigenvalue weighted by Crippen LogP contribution is -1.97. The average molecular weight is 439 g/mol. The first-order valence-electron chi connectivity index (χ1n) is 10.7. The van der Waals surface area contributed by atoms with Gasteiger partial charge in [-0.15, -0.1) is 0 Å². The Bertz CT molecular complexity index is 1200. The smallest absolute Gasteiger partial charge is 0.161 e. The van der Waals surface area contributed by atoms with Crippen molar-refractivity contribution in [3.8, 4) is 23.0 Å². The van der Waals surface area contributed by atoms with Gasteiger partial charge in [-0.3, -0.25) is 0 Å². The summed E-state index contributed by atoms with van der Waals surface area (Å²) in [6, 6.07) is 30.9. The number of rotatable bonds is 9. The van der Waals surface area contributed by atoms with E-state index in [0.29, 0.717) is 30.5 Å². The molecule has 4 nitrogen and oxygen atoms in total. The zero-order valence-electron chi connectivity index (χ0n) is 18.5. The second-order valence-electron chi connectivity index (χ2n) is 7.55. The van der Waals surface area contributed by atoms with Crippen LogP contribution >= 0.6 is 0 Å². The lowest BCUT2D eigenvalue weighted by Gasteiger charge is -2.11. The first kappa shape index (κ1) is 22.0. The van der Waals surface area contributed by atoms with Gasteiger partial charge in [0.2, 0.25) is 0 Å². The van der Waals surface area contributed by atoms with E-state index >= 15 is 0 Å². The maximum absolute atomic E-state index is 10.1. The molecule has 0 saturated heterocycles. The minimum absolute atomic E-state index is 0.155. The molecule has 0 aromatic heterocycles. The summed E-state index contributed by atoms with van der Waals surface area (Å²) in [4.78, 5) is 0. The Kier molecular flexibility index (Phi) is 7.29. The predicted octanol–water partition coefficient (Wildman–Crippen LogP) is 6.73. The Morgan fingerprint density at radius 2 is 1.27 bits per heavy atom. The van der Waals surface area contributed by atoms with Gasteiger partial charge in [0.1, 0.15) is 24.7 Å². The van der Waals surface area contributed by atoms with Gasteiger partial charge in [0.05, 0.1) is 7.11 Å². The van der Waals surface area contributed by atoms with Crippen LogP contribution in [-0.2, 0) is 13.2 Å². The Morgan fingerprint density at radius 3 is 1.94 bits per heavy atom. The van der Waals surface area contributed by atoms with Crippen LogP contribution in [-0.4, -0.2) is 12.2 Å². The van der Waals surface area contributed by atoms with Gasteiger partial charge in [0.25, 0.3) is 0 Å². The zero-order chi connectivity index (χ0) is 22.9. The Hall–Kier alpha value is -4.18. The fourth-order valence-corrected chi connectivity index (χ4v) is 3.36. The molecule has 4 heteroatoms. The van der Waals surface area contributed by atoms with Gasteiger partial charge in [-0.25, -0.2) is 0 Å². The molecule has 4 rings (SSSR count). The maximum Gasteiger partial charge on any atom is 0.161 e. The number of benzene rings is 4. The lowest BCUT2D eigenvalue weighted by molar-refractivity contribution is 0.284. The van der Waals surface area contributed by atoms with Crippen molar-refractivity contribution in [2.45, 2.75) is 13.2 Å². The number of phenols is 1. The first-order chi connectivity index (χ1) is 16.2. The molecule has 0 heterocycles. The van der Waals surface area contributed by atoms with Crippen molar-refractivity contribution in [2.75, 3.05) is 7.11 Å². The molecule has 1 N–H and O–H groups in total. The fourth-order valence-electron chi connectivity index (χ4n) is 3.36. The van der Waals surface area contributed by atoms with E-state index in [-0.39, 0.29) is 5.75 Å². The third-order valence-corrected chi connectivity index (χ3v) is 5.06. The first-order valence-corrected chi connectivity index (χ1v) is 10.7. The van der Waals surface area contributed by atoms with Crippen LogP contribution in [0.15, 0.2) is 97.1 Å². The normalized spacial score (nSPS) is 10.8. The highest BCUT2D eigenvalue weighted by Crippen LogP contribution is 2.30. The van der Waals surface area contributed by atoms with Gasteiger partial charge in [0, 0.05) is 6.07 Å². The molecule has 0 saturated carbocycles. The van der Waals surface area contributed by atoms with Gasteiger partial charge in [-0.1, -0.05) is 78.9 Å². The van der Waals surface area contributed by atoms with Crippen molar-refractivity contribution in [3.63, 3.8) is 0 Å². The van der Waals surface area contributed by atoms with Crippen molar-refractivity contribution >= 4 is 12.2 Å². The molecule has 0 amide bonds. The topological polar surface area (TPSA) is 47.9 Å². The van der Waals surface area contributed by atoms with Gasteiger partial charge in [0.15, 0.2) is 11.5 Å². The minimum atomic E-state index is 0.155.